The number of anilines is 1. The first-order chi connectivity index (χ1) is 12.1. The second-order valence-corrected chi connectivity index (χ2v) is 5.80. The summed E-state index contributed by atoms with van der Waals surface area (Å²) in [5, 5.41) is 6.76. The minimum atomic E-state index is -0.0775. The van der Waals surface area contributed by atoms with Crippen molar-refractivity contribution >= 4 is 11.6 Å². The average Bonchev–Trinajstić information content (AvgIpc) is 3.05. The quantitative estimate of drug-likeness (QED) is 0.744. The summed E-state index contributed by atoms with van der Waals surface area (Å²) < 4.78 is 5.32. The molecule has 0 aliphatic heterocycles. The van der Waals surface area contributed by atoms with Crippen molar-refractivity contribution in [3.63, 3.8) is 0 Å². The highest BCUT2D eigenvalue weighted by Gasteiger charge is 2.11. The zero-order chi connectivity index (χ0) is 17.6. The molecule has 25 heavy (non-hydrogen) atoms. The van der Waals surface area contributed by atoms with Crippen molar-refractivity contribution in [2.45, 2.75) is 20.0 Å². The van der Waals surface area contributed by atoms with Crippen molar-refractivity contribution in [2.24, 2.45) is 0 Å². The van der Waals surface area contributed by atoms with Crippen molar-refractivity contribution in [3.05, 3.63) is 60.2 Å². The number of carbonyl (C=O) groups is 1. The molecule has 0 unspecified atom stereocenters. The average molecular weight is 337 g/mol. The van der Waals surface area contributed by atoms with E-state index in [0.29, 0.717) is 18.3 Å². The summed E-state index contributed by atoms with van der Waals surface area (Å²) in [5.74, 6) is 1.04. The fourth-order valence-electron chi connectivity index (χ4n) is 2.43. The Balaban J connectivity index is 1.58. The second kappa shape index (κ2) is 7.67. The first kappa shape index (κ1) is 16.8. The monoisotopic (exact) mass is 337 g/mol. The third kappa shape index (κ3) is 4.71. The Morgan fingerprint density at radius 3 is 2.52 bits per heavy atom. The molecular weight excluding hydrogens is 318 g/mol. The Labute approximate surface area is 145 Å². The van der Waals surface area contributed by atoms with Gasteiger partial charge in [0.05, 0.1) is 6.54 Å². The van der Waals surface area contributed by atoms with Gasteiger partial charge in [0.1, 0.15) is 0 Å². The maximum absolute atomic E-state index is 11.0. The van der Waals surface area contributed by atoms with Gasteiger partial charge in [0, 0.05) is 37.1 Å². The zero-order valence-electron chi connectivity index (χ0n) is 14.1. The highest BCUT2D eigenvalue weighted by molar-refractivity contribution is 5.88. The van der Waals surface area contributed by atoms with Gasteiger partial charge in [0.25, 0.3) is 0 Å². The number of nitrogens with one attached hydrogen (secondary N) is 1. The van der Waals surface area contributed by atoms with Gasteiger partial charge in [-0.15, -0.1) is 0 Å². The van der Waals surface area contributed by atoms with E-state index in [9.17, 15) is 4.79 Å². The van der Waals surface area contributed by atoms with Crippen molar-refractivity contribution in [3.8, 4) is 11.4 Å². The third-order valence-electron chi connectivity index (χ3n) is 3.54. The fraction of sp³-hybridized carbons (Fsp3) is 0.222. The van der Waals surface area contributed by atoms with Crippen LogP contribution in [0.4, 0.5) is 5.69 Å². The van der Waals surface area contributed by atoms with Crippen LogP contribution in [0, 0.1) is 0 Å². The van der Waals surface area contributed by atoms with Gasteiger partial charge in [-0.2, -0.15) is 4.98 Å². The Kier molecular flexibility index (Phi) is 5.15. The Morgan fingerprint density at radius 2 is 1.84 bits per heavy atom. The highest BCUT2D eigenvalue weighted by Crippen LogP contribution is 2.16. The molecule has 1 amide bonds. The van der Waals surface area contributed by atoms with Crippen LogP contribution in [0.2, 0.25) is 0 Å². The van der Waals surface area contributed by atoms with Crippen LogP contribution in [-0.4, -0.2) is 33.0 Å². The van der Waals surface area contributed by atoms with Gasteiger partial charge in [0.15, 0.2) is 0 Å². The van der Waals surface area contributed by atoms with E-state index < -0.39 is 0 Å². The maximum Gasteiger partial charge on any atom is 0.241 e. The van der Waals surface area contributed by atoms with Gasteiger partial charge in [0.2, 0.25) is 17.6 Å². The predicted octanol–water partition coefficient (Wildman–Crippen LogP) is 2.72. The number of hydrogen-bond donors (Lipinski definition) is 1. The van der Waals surface area contributed by atoms with Gasteiger partial charge in [-0.3, -0.25) is 14.7 Å². The summed E-state index contributed by atoms with van der Waals surface area (Å²) >= 11 is 0. The molecule has 0 aliphatic rings. The lowest BCUT2D eigenvalue weighted by Crippen LogP contribution is -2.17. The molecule has 2 aromatic heterocycles. The van der Waals surface area contributed by atoms with Crippen molar-refractivity contribution in [2.75, 3.05) is 12.4 Å². The lowest BCUT2D eigenvalue weighted by Gasteiger charge is -2.14. The number of benzene rings is 1. The topological polar surface area (TPSA) is 84.2 Å². The van der Waals surface area contributed by atoms with E-state index >= 15 is 0 Å². The summed E-state index contributed by atoms with van der Waals surface area (Å²) in [6.45, 7) is 2.77. The summed E-state index contributed by atoms with van der Waals surface area (Å²) in [6.07, 6.45) is 3.39. The Morgan fingerprint density at radius 1 is 1.12 bits per heavy atom. The van der Waals surface area contributed by atoms with Crippen LogP contribution in [0.15, 0.2) is 53.3 Å². The summed E-state index contributed by atoms with van der Waals surface area (Å²) in [6, 6.07) is 11.4. The van der Waals surface area contributed by atoms with Gasteiger partial charge in [-0.1, -0.05) is 17.3 Å². The van der Waals surface area contributed by atoms with Crippen LogP contribution in [0.25, 0.3) is 11.4 Å². The number of carbonyl (C=O) groups excluding carboxylic acids is 1. The molecule has 7 heteroatoms. The third-order valence-corrected chi connectivity index (χ3v) is 3.54. The fourth-order valence-corrected chi connectivity index (χ4v) is 2.43. The molecule has 0 bridgehead atoms. The first-order valence-electron chi connectivity index (χ1n) is 7.88. The highest BCUT2D eigenvalue weighted by atomic mass is 16.5. The van der Waals surface area contributed by atoms with Crippen LogP contribution in [0.5, 0.6) is 0 Å². The standard InChI is InChI=1S/C18H19N5O2/c1-13(24)20-16-5-3-14(4-6-16)11-23(2)12-17-21-18(22-25-17)15-7-9-19-10-8-15/h3-10H,11-12H2,1-2H3,(H,20,24). The minimum absolute atomic E-state index is 0.0775. The minimum Gasteiger partial charge on any atom is -0.338 e. The molecule has 0 aliphatic carbocycles. The van der Waals surface area contributed by atoms with E-state index in [-0.39, 0.29) is 5.91 Å². The van der Waals surface area contributed by atoms with E-state index in [2.05, 4.69) is 25.3 Å². The molecule has 0 atom stereocenters. The Hall–Kier alpha value is -3.06. The van der Waals surface area contributed by atoms with E-state index in [4.69, 9.17) is 4.52 Å². The first-order valence-corrected chi connectivity index (χ1v) is 7.88. The van der Waals surface area contributed by atoms with Crippen molar-refractivity contribution in [1.29, 1.82) is 0 Å². The molecule has 3 aromatic rings. The number of rotatable bonds is 6. The van der Waals surface area contributed by atoms with Gasteiger partial charge >= 0.3 is 0 Å². The predicted molar refractivity (Wildman–Crippen MR) is 93.4 cm³/mol. The summed E-state index contributed by atoms with van der Waals surface area (Å²) in [4.78, 5) is 21.5. The van der Waals surface area contributed by atoms with Gasteiger partial charge in [-0.05, 0) is 36.9 Å². The number of pyridine rings is 1. The molecule has 1 N–H and O–H groups in total. The van der Waals surface area contributed by atoms with Crippen LogP contribution in [0.1, 0.15) is 18.4 Å². The lowest BCUT2D eigenvalue weighted by atomic mass is 10.2. The molecule has 0 radical (unpaired) electrons. The SMILES string of the molecule is CC(=O)Nc1ccc(CN(C)Cc2nc(-c3ccncc3)no2)cc1. The molecule has 0 saturated heterocycles. The second-order valence-electron chi connectivity index (χ2n) is 5.80. The normalized spacial score (nSPS) is 10.8. The van der Waals surface area contributed by atoms with Crippen LogP contribution >= 0.6 is 0 Å². The van der Waals surface area contributed by atoms with Crippen LogP contribution < -0.4 is 5.32 Å². The largest absolute Gasteiger partial charge is 0.338 e. The number of nitrogens with zero attached hydrogens (tertiary/aromatic N) is 4. The molecule has 3 rings (SSSR count). The van der Waals surface area contributed by atoms with E-state index in [1.165, 1.54) is 6.92 Å². The molecular formula is C18H19N5O2. The van der Waals surface area contributed by atoms with E-state index in [1.807, 2.05) is 43.4 Å². The number of hydrogen-bond acceptors (Lipinski definition) is 6. The van der Waals surface area contributed by atoms with Crippen molar-refractivity contribution in [1.82, 2.24) is 20.0 Å². The molecule has 0 saturated carbocycles. The number of amides is 1. The summed E-state index contributed by atoms with van der Waals surface area (Å²) in [7, 11) is 1.98. The molecule has 0 fully saturated rings. The van der Waals surface area contributed by atoms with E-state index in [1.54, 1.807) is 12.4 Å². The zero-order valence-corrected chi connectivity index (χ0v) is 14.1. The smallest absolute Gasteiger partial charge is 0.241 e. The molecule has 1 aromatic carbocycles. The van der Waals surface area contributed by atoms with Crippen molar-refractivity contribution < 1.29 is 9.32 Å². The summed E-state index contributed by atoms with van der Waals surface area (Å²) in [5.41, 5.74) is 2.80. The van der Waals surface area contributed by atoms with Gasteiger partial charge in [-0.25, -0.2) is 0 Å². The van der Waals surface area contributed by atoms with E-state index in [0.717, 1.165) is 23.4 Å². The lowest BCUT2D eigenvalue weighted by molar-refractivity contribution is -0.114. The van der Waals surface area contributed by atoms with Crippen LogP contribution in [-0.2, 0) is 17.9 Å². The molecule has 7 nitrogen and oxygen atoms in total. The molecule has 128 valence electrons. The van der Waals surface area contributed by atoms with Gasteiger partial charge < -0.3 is 9.84 Å². The number of aromatic nitrogens is 3. The Bertz CT molecular complexity index is 830. The molecule has 0 spiro atoms. The maximum atomic E-state index is 11.0. The molecule has 2 heterocycles. The van der Waals surface area contributed by atoms with Crippen LogP contribution in [0.3, 0.4) is 0 Å².